The van der Waals surface area contributed by atoms with Gasteiger partial charge < -0.3 is 9.47 Å². The molecule has 2 unspecified atom stereocenters. The molecule has 0 amide bonds. The Morgan fingerprint density at radius 1 is 1.16 bits per heavy atom. The largest absolute Gasteiger partial charge is 0.468 e. The van der Waals surface area contributed by atoms with E-state index in [0.717, 1.165) is 32.2 Å². The number of benzene rings is 1. The van der Waals surface area contributed by atoms with E-state index in [1.165, 1.54) is 38.5 Å². The van der Waals surface area contributed by atoms with Gasteiger partial charge in [0.1, 0.15) is 12.5 Å². The maximum atomic E-state index is 13.5. The minimum absolute atomic E-state index is 0.128. The first-order valence-corrected chi connectivity index (χ1v) is 13.9. The maximum absolute atomic E-state index is 13.5. The number of nitro groups is 1. The predicted molar refractivity (Wildman–Crippen MR) is 147 cm³/mol. The minimum Gasteiger partial charge on any atom is -0.468 e. The lowest BCUT2D eigenvalue weighted by molar-refractivity contribution is -0.384. The summed E-state index contributed by atoms with van der Waals surface area (Å²) < 4.78 is 10.8. The molecule has 1 aliphatic heterocycles. The first kappa shape index (κ1) is 29.8. The van der Waals surface area contributed by atoms with E-state index in [9.17, 15) is 19.7 Å². The number of aliphatic imine (C=N–C) groups is 1. The Balaban J connectivity index is 1.83. The quantitative estimate of drug-likeness (QED) is 0.113. The van der Waals surface area contributed by atoms with E-state index in [1.54, 1.807) is 26.0 Å². The highest BCUT2D eigenvalue weighted by Crippen LogP contribution is 2.41. The van der Waals surface area contributed by atoms with Crippen LogP contribution in [0.2, 0.25) is 0 Å². The van der Waals surface area contributed by atoms with Gasteiger partial charge >= 0.3 is 11.9 Å². The van der Waals surface area contributed by atoms with Crippen LogP contribution in [0.15, 0.2) is 40.5 Å². The number of hydrogen-bond acceptors (Lipinski definition) is 8. The van der Waals surface area contributed by atoms with E-state index in [1.807, 2.05) is 0 Å². The van der Waals surface area contributed by atoms with E-state index in [4.69, 9.17) is 21.1 Å². The van der Waals surface area contributed by atoms with Gasteiger partial charge in [-0.1, -0.05) is 31.4 Å². The zero-order valence-corrected chi connectivity index (χ0v) is 23.2. The standard InChI is InChI=1S/C28H38ClN3O6/c1-19-24(27(33)37-3)26(21-10-9-13-23(18-21)32(35)36)25(20(2)30-19)28(34)38-17-16-31(15-8-7-14-29)22-11-5-4-6-12-22/h9-10,13,18,22,24,26H,4-8,11-12,14-17H2,1-3H3. The van der Waals surface area contributed by atoms with Crippen LogP contribution in [0.5, 0.6) is 0 Å². The summed E-state index contributed by atoms with van der Waals surface area (Å²) in [5, 5.41) is 11.5. The van der Waals surface area contributed by atoms with Crippen molar-refractivity contribution in [1.82, 2.24) is 4.90 Å². The molecule has 1 aromatic rings. The van der Waals surface area contributed by atoms with Gasteiger partial charge in [0.05, 0.1) is 17.6 Å². The zero-order chi connectivity index (χ0) is 27.7. The summed E-state index contributed by atoms with van der Waals surface area (Å²) >= 11 is 5.89. The average Bonchev–Trinajstić information content (AvgIpc) is 2.91. The number of carbonyl (C=O) groups is 2. The second-order valence-electron chi connectivity index (χ2n) is 9.94. The molecule has 10 heteroatoms. The van der Waals surface area contributed by atoms with E-state index in [2.05, 4.69) is 9.89 Å². The Morgan fingerprint density at radius 3 is 2.55 bits per heavy atom. The van der Waals surface area contributed by atoms with Crippen LogP contribution in [0, 0.1) is 16.0 Å². The molecule has 0 aromatic heterocycles. The molecule has 208 valence electrons. The van der Waals surface area contributed by atoms with Gasteiger partial charge in [0.25, 0.3) is 5.69 Å². The number of non-ortho nitro benzene ring substituents is 1. The average molecular weight is 548 g/mol. The first-order chi connectivity index (χ1) is 18.3. The molecule has 3 rings (SSSR count). The second kappa shape index (κ2) is 14.4. The van der Waals surface area contributed by atoms with Crippen molar-refractivity contribution in [3.8, 4) is 0 Å². The van der Waals surface area contributed by atoms with E-state index in [-0.39, 0.29) is 17.9 Å². The number of hydrogen-bond donors (Lipinski definition) is 0. The molecule has 1 aliphatic carbocycles. The van der Waals surface area contributed by atoms with Crippen molar-refractivity contribution in [1.29, 1.82) is 0 Å². The number of carbonyl (C=O) groups excluding carboxylic acids is 2. The number of methoxy groups -OCH3 is 1. The van der Waals surface area contributed by atoms with Crippen molar-refractivity contribution in [2.24, 2.45) is 10.9 Å². The van der Waals surface area contributed by atoms with E-state index >= 15 is 0 Å². The van der Waals surface area contributed by atoms with Crippen LogP contribution in [-0.4, -0.2) is 66.2 Å². The van der Waals surface area contributed by atoms with Crippen LogP contribution in [-0.2, 0) is 19.1 Å². The summed E-state index contributed by atoms with van der Waals surface area (Å²) in [5.41, 5.74) is 1.45. The fourth-order valence-corrected chi connectivity index (χ4v) is 5.78. The normalized spacial score (nSPS) is 20.3. The molecule has 2 atom stereocenters. The molecule has 2 aliphatic rings. The molecular weight excluding hydrogens is 510 g/mol. The SMILES string of the molecule is COC(=O)C1C(C)=NC(C)=C(C(=O)OCCN(CCCCCl)C2CCCCC2)C1c1cccc([N+](=O)[O-])c1. The van der Waals surface area contributed by atoms with Crippen molar-refractivity contribution < 1.29 is 24.0 Å². The zero-order valence-electron chi connectivity index (χ0n) is 22.5. The Bertz CT molecular complexity index is 1070. The number of nitrogens with zero attached hydrogens (tertiary/aromatic N) is 3. The molecule has 9 nitrogen and oxygen atoms in total. The molecule has 0 bridgehead atoms. The lowest BCUT2D eigenvalue weighted by atomic mass is 9.75. The predicted octanol–water partition coefficient (Wildman–Crippen LogP) is 5.41. The van der Waals surface area contributed by atoms with Crippen molar-refractivity contribution in [2.75, 3.05) is 32.7 Å². The van der Waals surface area contributed by atoms with Crippen molar-refractivity contribution in [3.63, 3.8) is 0 Å². The van der Waals surface area contributed by atoms with E-state index < -0.39 is 28.7 Å². The van der Waals surface area contributed by atoms with Gasteiger partial charge in [0.2, 0.25) is 0 Å². The molecule has 0 radical (unpaired) electrons. The van der Waals surface area contributed by atoms with Crippen LogP contribution in [0.1, 0.15) is 70.3 Å². The van der Waals surface area contributed by atoms with Gasteiger partial charge in [-0.3, -0.25) is 24.8 Å². The number of halogens is 1. The molecule has 1 heterocycles. The highest BCUT2D eigenvalue weighted by atomic mass is 35.5. The number of alkyl halides is 1. The fraction of sp³-hybridized carbons (Fsp3) is 0.607. The third kappa shape index (κ3) is 7.41. The number of allylic oxidation sites excluding steroid dienone is 1. The van der Waals surface area contributed by atoms with Crippen LogP contribution in [0.3, 0.4) is 0 Å². The number of nitro benzene ring substituents is 1. The van der Waals surface area contributed by atoms with Crippen LogP contribution in [0.25, 0.3) is 0 Å². The number of rotatable bonds is 12. The summed E-state index contributed by atoms with van der Waals surface area (Å²) in [6.45, 7) is 5.09. The topological polar surface area (TPSA) is 111 Å². The number of unbranched alkanes of at least 4 members (excludes halogenated alkanes) is 1. The van der Waals surface area contributed by atoms with Crippen molar-refractivity contribution >= 4 is 34.9 Å². The lowest BCUT2D eigenvalue weighted by Crippen LogP contribution is -2.40. The smallest absolute Gasteiger partial charge is 0.336 e. The Hall–Kier alpha value is -2.78. The van der Waals surface area contributed by atoms with Gasteiger partial charge in [0, 0.05) is 47.9 Å². The second-order valence-corrected chi connectivity index (χ2v) is 10.3. The molecule has 1 saturated carbocycles. The monoisotopic (exact) mass is 547 g/mol. The van der Waals surface area contributed by atoms with Crippen LogP contribution < -0.4 is 0 Å². The summed E-state index contributed by atoms with van der Waals surface area (Å²) in [7, 11) is 1.27. The summed E-state index contributed by atoms with van der Waals surface area (Å²) in [6.07, 6.45) is 7.88. The summed E-state index contributed by atoms with van der Waals surface area (Å²) in [4.78, 5) is 44.2. The Kier molecular flexibility index (Phi) is 11.3. The van der Waals surface area contributed by atoms with Gasteiger partial charge in [-0.25, -0.2) is 4.79 Å². The molecule has 1 aromatic carbocycles. The number of esters is 2. The lowest BCUT2D eigenvalue weighted by Gasteiger charge is -2.34. The highest BCUT2D eigenvalue weighted by molar-refractivity contribution is 6.17. The maximum Gasteiger partial charge on any atom is 0.336 e. The number of ether oxygens (including phenoxy) is 2. The summed E-state index contributed by atoms with van der Waals surface area (Å²) in [6, 6.07) is 6.46. The third-order valence-corrected chi connectivity index (χ3v) is 7.74. The highest BCUT2D eigenvalue weighted by Gasteiger charge is 2.42. The molecule has 0 saturated heterocycles. The molecule has 38 heavy (non-hydrogen) atoms. The minimum atomic E-state index is -0.900. The van der Waals surface area contributed by atoms with Gasteiger partial charge in [-0.2, -0.15) is 0 Å². The molecular formula is C28H38ClN3O6. The van der Waals surface area contributed by atoms with Crippen molar-refractivity contribution in [2.45, 2.75) is 70.8 Å². The van der Waals surface area contributed by atoms with Gasteiger partial charge in [-0.15, -0.1) is 11.6 Å². The van der Waals surface area contributed by atoms with Crippen LogP contribution in [0.4, 0.5) is 5.69 Å². The van der Waals surface area contributed by atoms with Crippen molar-refractivity contribution in [3.05, 3.63) is 51.2 Å². The van der Waals surface area contributed by atoms with E-state index in [0.29, 0.717) is 35.4 Å². The van der Waals surface area contributed by atoms with Gasteiger partial charge in [-0.05, 0) is 51.6 Å². The summed E-state index contributed by atoms with van der Waals surface area (Å²) in [5.74, 6) is -2.23. The molecule has 1 fully saturated rings. The van der Waals surface area contributed by atoms with Gasteiger partial charge in [0.15, 0.2) is 0 Å². The molecule has 0 spiro atoms. The molecule has 0 N–H and O–H groups in total. The third-order valence-electron chi connectivity index (χ3n) is 7.48. The Labute approximate surface area is 229 Å². The Morgan fingerprint density at radius 2 is 1.89 bits per heavy atom. The first-order valence-electron chi connectivity index (χ1n) is 13.3. The van der Waals surface area contributed by atoms with Crippen LogP contribution >= 0.6 is 11.6 Å². The fourth-order valence-electron chi connectivity index (χ4n) is 5.59.